The highest BCUT2D eigenvalue weighted by Crippen LogP contribution is 2.26. The summed E-state index contributed by atoms with van der Waals surface area (Å²) in [6.07, 6.45) is 1.39. The zero-order valence-electron chi connectivity index (χ0n) is 8.59. The van der Waals surface area contributed by atoms with Crippen LogP contribution in [-0.2, 0) is 5.75 Å². The first kappa shape index (κ1) is 12.4. The number of carbonyl (C=O) groups is 1. The smallest absolute Gasteiger partial charge is 0.347 e. The van der Waals surface area contributed by atoms with Gasteiger partial charge in [-0.1, -0.05) is 11.6 Å². The predicted octanol–water partition coefficient (Wildman–Crippen LogP) is 3.79. The molecule has 2 rings (SSSR count). The molecule has 1 aromatic carbocycles. The van der Waals surface area contributed by atoms with Crippen molar-refractivity contribution in [1.82, 2.24) is 4.98 Å². The molecule has 0 spiro atoms. The van der Waals surface area contributed by atoms with E-state index in [1.165, 1.54) is 17.5 Å². The summed E-state index contributed by atoms with van der Waals surface area (Å²) in [7, 11) is 0. The van der Waals surface area contributed by atoms with Crippen molar-refractivity contribution in [2.24, 2.45) is 0 Å². The molecule has 1 N–H and O–H groups in total. The SMILES string of the molecule is O=C(O)c1cnc(CSc2ccc(Cl)cc2)s1. The van der Waals surface area contributed by atoms with Gasteiger partial charge < -0.3 is 5.11 Å². The minimum atomic E-state index is -0.926. The van der Waals surface area contributed by atoms with E-state index in [1.807, 2.05) is 24.3 Å². The molecule has 1 heterocycles. The van der Waals surface area contributed by atoms with Gasteiger partial charge in [0, 0.05) is 9.92 Å². The Bertz CT molecular complexity index is 525. The van der Waals surface area contributed by atoms with Crippen molar-refractivity contribution in [2.45, 2.75) is 10.6 Å². The summed E-state index contributed by atoms with van der Waals surface area (Å²) < 4.78 is 0. The van der Waals surface area contributed by atoms with Crippen molar-refractivity contribution in [3.05, 3.63) is 45.4 Å². The third kappa shape index (κ3) is 3.46. The number of thioether (sulfide) groups is 1. The first-order chi connectivity index (χ1) is 8.15. The molecule has 0 aliphatic carbocycles. The van der Waals surface area contributed by atoms with Crippen LogP contribution < -0.4 is 0 Å². The van der Waals surface area contributed by atoms with Crippen LogP contribution in [0, 0.1) is 0 Å². The van der Waals surface area contributed by atoms with Crippen LogP contribution in [0.3, 0.4) is 0 Å². The van der Waals surface area contributed by atoms with Crippen LogP contribution in [-0.4, -0.2) is 16.1 Å². The Labute approximate surface area is 111 Å². The quantitative estimate of drug-likeness (QED) is 0.869. The first-order valence-electron chi connectivity index (χ1n) is 4.71. The summed E-state index contributed by atoms with van der Waals surface area (Å²) in [6, 6.07) is 7.51. The normalized spacial score (nSPS) is 10.4. The van der Waals surface area contributed by atoms with E-state index in [1.54, 1.807) is 11.8 Å². The summed E-state index contributed by atoms with van der Waals surface area (Å²) in [5.74, 6) is -0.259. The van der Waals surface area contributed by atoms with Gasteiger partial charge in [-0.05, 0) is 24.3 Å². The van der Waals surface area contributed by atoms with Gasteiger partial charge in [0.2, 0.25) is 0 Å². The highest BCUT2D eigenvalue weighted by Gasteiger charge is 2.08. The number of aromatic nitrogens is 1. The molecule has 0 radical (unpaired) electrons. The third-order valence-corrected chi connectivity index (χ3v) is 4.38. The molecule has 0 aliphatic rings. The Kier molecular flexibility index (Phi) is 4.04. The molecule has 6 heteroatoms. The molecular weight excluding hydrogens is 278 g/mol. The summed E-state index contributed by atoms with van der Waals surface area (Å²) in [6.45, 7) is 0. The van der Waals surface area contributed by atoms with Gasteiger partial charge >= 0.3 is 5.97 Å². The maximum atomic E-state index is 10.7. The van der Waals surface area contributed by atoms with Gasteiger partial charge in [-0.3, -0.25) is 0 Å². The van der Waals surface area contributed by atoms with Gasteiger partial charge in [-0.2, -0.15) is 0 Å². The van der Waals surface area contributed by atoms with E-state index in [0.29, 0.717) is 10.8 Å². The van der Waals surface area contributed by atoms with Crippen LogP contribution in [0.15, 0.2) is 35.4 Å². The number of benzene rings is 1. The lowest BCUT2D eigenvalue weighted by atomic mass is 10.4. The van der Waals surface area contributed by atoms with Gasteiger partial charge in [-0.15, -0.1) is 23.1 Å². The van der Waals surface area contributed by atoms with Gasteiger partial charge in [0.15, 0.2) is 0 Å². The average molecular weight is 286 g/mol. The molecule has 0 saturated heterocycles. The average Bonchev–Trinajstić information content (AvgIpc) is 2.77. The fourth-order valence-electron chi connectivity index (χ4n) is 1.15. The summed E-state index contributed by atoms with van der Waals surface area (Å²) >= 11 is 8.59. The number of thiazole rings is 1. The van der Waals surface area contributed by atoms with Crippen molar-refractivity contribution in [3.8, 4) is 0 Å². The van der Waals surface area contributed by atoms with Gasteiger partial charge in [0.1, 0.15) is 9.88 Å². The van der Waals surface area contributed by atoms with Crippen LogP contribution in [0.2, 0.25) is 5.02 Å². The lowest BCUT2D eigenvalue weighted by Crippen LogP contribution is -1.89. The van der Waals surface area contributed by atoms with Gasteiger partial charge in [0.05, 0.1) is 11.9 Å². The summed E-state index contributed by atoms with van der Waals surface area (Å²) in [5.41, 5.74) is 0. The molecule has 0 bridgehead atoms. The van der Waals surface area contributed by atoms with Gasteiger partial charge in [-0.25, -0.2) is 9.78 Å². The van der Waals surface area contributed by atoms with E-state index < -0.39 is 5.97 Å². The van der Waals surface area contributed by atoms with Crippen LogP contribution >= 0.6 is 34.7 Å². The maximum absolute atomic E-state index is 10.7. The molecule has 0 aliphatic heterocycles. The fourth-order valence-corrected chi connectivity index (χ4v) is 2.94. The Morgan fingerprint density at radius 1 is 1.41 bits per heavy atom. The maximum Gasteiger partial charge on any atom is 0.347 e. The Balaban J connectivity index is 1.97. The minimum absolute atomic E-state index is 0.275. The Morgan fingerprint density at radius 2 is 2.12 bits per heavy atom. The predicted molar refractivity (Wildman–Crippen MR) is 70.1 cm³/mol. The second kappa shape index (κ2) is 5.53. The molecule has 0 saturated carbocycles. The van der Waals surface area contributed by atoms with E-state index in [9.17, 15) is 4.79 Å². The van der Waals surface area contributed by atoms with Crippen LogP contribution in [0.5, 0.6) is 0 Å². The number of rotatable bonds is 4. The monoisotopic (exact) mass is 285 g/mol. The van der Waals surface area contributed by atoms with Crippen molar-refractivity contribution in [3.63, 3.8) is 0 Å². The van der Waals surface area contributed by atoms with Crippen molar-refractivity contribution >= 4 is 40.7 Å². The van der Waals surface area contributed by atoms with Crippen LogP contribution in [0.1, 0.15) is 14.7 Å². The molecule has 0 atom stereocenters. The summed E-state index contributed by atoms with van der Waals surface area (Å²) in [5, 5.41) is 10.3. The van der Waals surface area contributed by atoms with Gasteiger partial charge in [0.25, 0.3) is 0 Å². The molecule has 1 aromatic heterocycles. The molecule has 17 heavy (non-hydrogen) atoms. The number of hydrogen-bond donors (Lipinski definition) is 1. The van der Waals surface area contributed by atoms with Crippen molar-refractivity contribution < 1.29 is 9.90 Å². The van der Waals surface area contributed by atoms with Crippen molar-refractivity contribution in [1.29, 1.82) is 0 Å². The van der Waals surface area contributed by atoms with E-state index in [-0.39, 0.29) is 4.88 Å². The molecule has 88 valence electrons. The van der Waals surface area contributed by atoms with E-state index in [2.05, 4.69) is 4.98 Å². The number of aromatic carboxylic acids is 1. The number of nitrogens with zero attached hydrogens (tertiary/aromatic N) is 1. The van der Waals surface area contributed by atoms with E-state index in [4.69, 9.17) is 16.7 Å². The summed E-state index contributed by atoms with van der Waals surface area (Å²) in [4.78, 5) is 16.1. The first-order valence-corrected chi connectivity index (χ1v) is 6.89. The lowest BCUT2D eigenvalue weighted by Gasteiger charge is -1.98. The number of halogens is 1. The lowest BCUT2D eigenvalue weighted by molar-refractivity contribution is 0.0702. The highest BCUT2D eigenvalue weighted by molar-refractivity contribution is 7.98. The zero-order chi connectivity index (χ0) is 12.3. The van der Waals surface area contributed by atoms with E-state index >= 15 is 0 Å². The second-order valence-electron chi connectivity index (χ2n) is 3.17. The Morgan fingerprint density at radius 3 is 2.71 bits per heavy atom. The van der Waals surface area contributed by atoms with Crippen LogP contribution in [0.25, 0.3) is 0 Å². The number of carboxylic acids is 1. The molecule has 2 aromatic rings. The molecular formula is C11H8ClNO2S2. The minimum Gasteiger partial charge on any atom is -0.477 e. The molecule has 0 fully saturated rings. The van der Waals surface area contributed by atoms with Crippen molar-refractivity contribution in [2.75, 3.05) is 0 Å². The van der Waals surface area contributed by atoms with E-state index in [0.717, 1.165) is 9.90 Å². The topological polar surface area (TPSA) is 50.2 Å². The highest BCUT2D eigenvalue weighted by atomic mass is 35.5. The van der Waals surface area contributed by atoms with Crippen LogP contribution in [0.4, 0.5) is 0 Å². The molecule has 3 nitrogen and oxygen atoms in total. The largest absolute Gasteiger partial charge is 0.477 e. The number of carboxylic acid groups (broad SMARTS) is 1. The molecule has 0 unspecified atom stereocenters. The standard InChI is InChI=1S/C11H8ClNO2S2/c12-7-1-3-8(4-2-7)16-6-10-13-5-9(17-10)11(14)15/h1-5H,6H2,(H,14,15). The third-order valence-electron chi connectivity index (χ3n) is 1.94. The molecule has 0 amide bonds. The zero-order valence-corrected chi connectivity index (χ0v) is 11.0. The number of hydrogen-bond acceptors (Lipinski definition) is 4. The fraction of sp³-hybridized carbons (Fsp3) is 0.0909. The second-order valence-corrected chi connectivity index (χ2v) is 5.77. The Hall–Kier alpha value is -1.04.